The molecule has 0 radical (unpaired) electrons. The van der Waals surface area contributed by atoms with Gasteiger partial charge < -0.3 is 24.6 Å². The summed E-state index contributed by atoms with van der Waals surface area (Å²) in [5.74, 6) is -2.08. The Balaban J connectivity index is 1.53. The number of benzene rings is 1. The SMILES string of the molecule is CCOC(=O)N1CCC(NC(=O)c2cnn(-c3ccc(F)cc3F)c2C2CCN(C(=O)OC(C)(C)C)CC2)CC1. The number of carbonyl (C=O) groups is 3. The zero-order valence-electron chi connectivity index (χ0n) is 23.4. The molecule has 0 atom stereocenters. The van der Waals surface area contributed by atoms with E-state index < -0.39 is 23.3 Å². The van der Waals surface area contributed by atoms with Crippen LogP contribution in [0.15, 0.2) is 24.4 Å². The second-order valence-corrected chi connectivity index (χ2v) is 11.1. The van der Waals surface area contributed by atoms with Crippen LogP contribution in [0, 0.1) is 11.6 Å². The average Bonchev–Trinajstić information content (AvgIpc) is 3.33. The van der Waals surface area contributed by atoms with Crippen molar-refractivity contribution < 1.29 is 32.6 Å². The predicted octanol–water partition coefficient (Wildman–Crippen LogP) is 4.62. The number of halogens is 2. The zero-order valence-corrected chi connectivity index (χ0v) is 23.4. The highest BCUT2D eigenvalue weighted by atomic mass is 19.1. The number of rotatable bonds is 5. The monoisotopic (exact) mass is 561 g/mol. The molecule has 0 unspecified atom stereocenters. The van der Waals surface area contributed by atoms with Gasteiger partial charge in [-0.3, -0.25) is 4.79 Å². The second kappa shape index (κ2) is 12.2. The van der Waals surface area contributed by atoms with Crippen molar-refractivity contribution in [2.45, 2.75) is 70.9 Å². The van der Waals surface area contributed by atoms with E-state index in [9.17, 15) is 23.2 Å². The summed E-state index contributed by atoms with van der Waals surface area (Å²) >= 11 is 0. The minimum Gasteiger partial charge on any atom is -0.450 e. The Morgan fingerprint density at radius 3 is 2.23 bits per heavy atom. The summed E-state index contributed by atoms with van der Waals surface area (Å²) < 4.78 is 40.4. The third-order valence-corrected chi connectivity index (χ3v) is 7.08. The van der Waals surface area contributed by atoms with Gasteiger partial charge in [-0.25, -0.2) is 23.1 Å². The average molecular weight is 562 g/mol. The fourth-order valence-corrected chi connectivity index (χ4v) is 5.12. The fraction of sp³-hybridized carbons (Fsp3) is 0.571. The van der Waals surface area contributed by atoms with E-state index in [4.69, 9.17) is 9.47 Å². The zero-order chi connectivity index (χ0) is 29.0. The van der Waals surface area contributed by atoms with Crippen LogP contribution in [0.1, 0.15) is 75.3 Å². The highest BCUT2D eigenvalue weighted by molar-refractivity contribution is 5.95. The van der Waals surface area contributed by atoms with Gasteiger partial charge in [0.25, 0.3) is 5.91 Å². The molecule has 12 heteroatoms. The molecule has 3 amide bonds. The van der Waals surface area contributed by atoms with E-state index in [2.05, 4.69) is 10.4 Å². The molecule has 2 aromatic rings. The number of ether oxygens (including phenoxy) is 2. The molecule has 1 aromatic heterocycles. The van der Waals surface area contributed by atoms with Crippen LogP contribution in [-0.4, -0.2) is 82.1 Å². The molecule has 0 spiro atoms. The van der Waals surface area contributed by atoms with Crippen molar-refractivity contribution in [3.63, 3.8) is 0 Å². The minimum atomic E-state index is -0.797. The molecule has 218 valence electrons. The van der Waals surface area contributed by atoms with Gasteiger partial charge in [0.05, 0.1) is 24.1 Å². The van der Waals surface area contributed by atoms with Gasteiger partial charge in [-0.05, 0) is 65.5 Å². The third kappa shape index (κ3) is 6.89. The molecule has 1 N–H and O–H groups in total. The first-order chi connectivity index (χ1) is 19.0. The Morgan fingerprint density at radius 2 is 1.62 bits per heavy atom. The first-order valence-corrected chi connectivity index (χ1v) is 13.7. The van der Waals surface area contributed by atoms with Crippen LogP contribution in [0.4, 0.5) is 18.4 Å². The van der Waals surface area contributed by atoms with E-state index in [0.717, 1.165) is 12.1 Å². The van der Waals surface area contributed by atoms with E-state index in [0.29, 0.717) is 69.7 Å². The molecule has 0 saturated carbocycles. The summed E-state index contributed by atoms with van der Waals surface area (Å²) in [6, 6.07) is 3.06. The van der Waals surface area contributed by atoms with Crippen LogP contribution >= 0.6 is 0 Å². The number of aromatic nitrogens is 2. The van der Waals surface area contributed by atoms with E-state index in [1.807, 2.05) is 0 Å². The smallest absolute Gasteiger partial charge is 0.410 e. The summed E-state index contributed by atoms with van der Waals surface area (Å²) in [6.45, 7) is 9.17. The first-order valence-electron chi connectivity index (χ1n) is 13.7. The van der Waals surface area contributed by atoms with Crippen LogP contribution in [0.2, 0.25) is 0 Å². The molecule has 10 nitrogen and oxygen atoms in total. The van der Waals surface area contributed by atoms with Crippen LogP contribution in [0.3, 0.4) is 0 Å². The Labute approximate surface area is 232 Å². The molecule has 2 aliphatic heterocycles. The maximum Gasteiger partial charge on any atom is 0.410 e. The summed E-state index contributed by atoms with van der Waals surface area (Å²) in [5.41, 5.74) is 0.223. The minimum absolute atomic E-state index is 0.0350. The summed E-state index contributed by atoms with van der Waals surface area (Å²) in [5, 5.41) is 7.38. The molecular formula is C28H37F2N5O5. The molecule has 3 heterocycles. The van der Waals surface area contributed by atoms with E-state index in [1.54, 1.807) is 37.5 Å². The Morgan fingerprint density at radius 1 is 1.00 bits per heavy atom. The van der Waals surface area contributed by atoms with Gasteiger partial charge in [0.2, 0.25) is 0 Å². The number of nitrogens with zero attached hydrogens (tertiary/aromatic N) is 4. The number of piperidine rings is 2. The number of likely N-dealkylation sites (tertiary alicyclic amines) is 2. The molecule has 0 aliphatic carbocycles. The van der Waals surface area contributed by atoms with Gasteiger partial charge in [0, 0.05) is 44.2 Å². The van der Waals surface area contributed by atoms with Crippen molar-refractivity contribution in [1.29, 1.82) is 0 Å². The number of hydrogen-bond acceptors (Lipinski definition) is 6. The molecule has 1 aromatic carbocycles. The van der Waals surface area contributed by atoms with Crippen molar-refractivity contribution in [2.75, 3.05) is 32.8 Å². The molecular weight excluding hydrogens is 524 g/mol. The quantitative estimate of drug-likeness (QED) is 0.571. The summed E-state index contributed by atoms with van der Waals surface area (Å²) in [6.07, 6.45) is 2.77. The highest BCUT2D eigenvalue weighted by Crippen LogP contribution is 2.33. The fourth-order valence-electron chi connectivity index (χ4n) is 5.12. The Bertz CT molecular complexity index is 1230. The van der Waals surface area contributed by atoms with Gasteiger partial charge in [-0.15, -0.1) is 0 Å². The van der Waals surface area contributed by atoms with Crippen molar-refractivity contribution >= 4 is 18.1 Å². The van der Waals surface area contributed by atoms with Crippen molar-refractivity contribution in [1.82, 2.24) is 24.9 Å². The van der Waals surface area contributed by atoms with Crippen LogP contribution in [0.25, 0.3) is 5.69 Å². The van der Waals surface area contributed by atoms with Gasteiger partial charge >= 0.3 is 12.2 Å². The lowest BCUT2D eigenvalue weighted by atomic mass is 9.90. The molecule has 0 bridgehead atoms. The normalized spacial score (nSPS) is 17.1. The Hall–Kier alpha value is -3.70. The van der Waals surface area contributed by atoms with E-state index >= 15 is 0 Å². The largest absolute Gasteiger partial charge is 0.450 e. The van der Waals surface area contributed by atoms with Crippen LogP contribution in [0.5, 0.6) is 0 Å². The molecule has 2 saturated heterocycles. The maximum absolute atomic E-state index is 14.8. The standard InChI is InChI=1S/C28H37F2N5O5/c1-5-39-26(37)33-14-10-20(11-15-33)32-25(36)21-17-31-35(23-7-6-19(29)16-22(23)30)24(21)18-8-12-34(13-9-18)27(38)40-28(2,3)4/h6-7,16-18,20H,5,8-15H2,1-4H3,(H,32,36). The van der Waals surface area contributed by atoms with Crippen LogP contribution < -0.4 is 5.32 Å². The molecule has 2 fully saturated rings. The van der Waals surface area contributed by atoms with Gasteiger partial charge in [-0.2, -0.15) is 5.10 Å². The van der Waals surface area contributed by atoms with Gasteiger partial charge in [0.15, 0.2) is 5.82 Å². The second-order valence-electron chi connectivity index (χ2n) is 11.1. The number of amides is 3. The number of nitrogens with one attached hydrogen (secondary N) is 1. The predicted molar refractivity (Wildman–Crippen MR) is 142 cm³/mol. The lowest BCUT2D eigenvalue weighted by Gasteiger charge is -2.34. The van der Waals surface area contributed by atoms with Gasteiger partial charge in [-0.1, -0.05) is 0 Å². The maximum atomic E-state index is 14.8. The number of carbonyl (C=O) groups excluding carboxylic acids is 3. The van der Waals surface area contributed by atoms with Crippen molar-refractivity contribution in [3.05, 3.63) is 47.3 Å². The lowest BCUT2D eigenvalue weighted by Crippen LogP contribution is -2.47. The van der Waals surface area contributed by atoms with Crippen LogP contribution in [-0.2, 0) is 9.47 Å². The Kier molecular flexibility index (Phi) is 8.95. The van der Waals surface area contributed by atoms with Crippen molar-refractivity contribution in [2.24, 2.45) is 0 Å². The summed E-state index contributed by atoms with van der Waals surface area (Å²) in [7, 11) is 0. The lowest BCUT2D eigenvalue weighted by molar-refractivity contribution is 0.0203. The van der Waals surface area contributed by atoms with Crippen molar-refractivity contribution in [3.8, 4) is 5.69 Å². The number of hydrogen-bond donors (Lipinski definition) is 1. The molecule has 4 rings (SSSR count). The molecule has 40 heavy (non-hydrogen) atoms. The van der Waals surface area contributed by atoms with E-state index in [1.165, 1.54) is 16.9 Å². The third-order valence-electron chi connectivity index (χ3n) is 7.08. The topological polar surface area (TPSA) is 106 Å². The highest BCUT2D eigenvalue weighted by Gasteiger charge is 2.33. The van der Waals surface area contributed by atoms with Gasteiger partial charge in [0.1, 0.15) is 17.1 Å². The molecule has 2 aliphatic rings. The van der Waals surface area contributed by atoms with E-state index in [-0.39, 0.29) is 29.6 Å². The first kappa shape index (κ1) is 29.3. The summed E-state index contributed by atoms with van der Waals surface area (Å²) in [4.78, 5) is 41.3.